The van der Waals surface area contributed by atoms with Crippen LogP contribution < -0.4 is 14.7 Å². The number of ether oxygens (including phenoxy) is 4. The second-order valence-electron chi connectivity index (χ2n) is 16.9. The standard InChI is InChI=1S/C41H53N5O10/c1-39(2,3)53-36(49)33(56-46-34(47)31-13-10-11-14-32(31)35(46)48)26-52-30-17-15-28(16-18-30)29-24-44(20-12-19-42-37(50)54-40(4,5)6)45(25-29)23-27-21-43(22-27)38(51)55-41(7,8)9/h10-11,13-18,24-25,27,33H,12,19-23,26H2,1-9H3/p+1/t33-/m0/s1. The molecule has 0 spiro atoms. The number of aromatic nitrogens is 2. The quantitative estimate of drug-likeness (QED) is 0.0768. The first-order valence-corrected chi connectivity index (χ1v) is 18.8. The normalized spacial score (nSPS) is 15.2. The molecule has 15 heteroatoms. The molecule has 5 rings (SSSR count). The van der Waals surface area contributed by atoms with E-state index in [0.717, 1.165) is 11.1 Å². The number of hydroxylamine groups is 2. The van der Waals surface area contributed by atoms with E-state index in [-0.39, 0.29) is 29.7 Å². The Hall–Kier alpha value is -5.44. The van der Waals surface area contributed by atoms with Gasteiger partial charge in [0.05, 0.1) is 35.3 Å². The van der Waals surface area contributed by atoms with Crippen LogP contribution >= 0.6 is 0 Å². The molecule has 0 bridgehead atoms. The van der Waals surface area contributed by atoms with Crippen LogP contribution in [-0.2, 0) is 36.9 Å². The summed E-state index contributed by atoms with van der Waals surface area (Å²) in [6.45, 7) is 18.6. The number of carbonyl (C=O) groups excluding carboxylic acids is 5. The largest absolute Gasteiger partial charge is 0.490 e. The van der Waals surface area contributed by atoms with Crippen molar-refractivity contribution < 1.29 is 52.4 Å². The Morgan fingerprint density at radius 2 is 1.39 bits per heavy atom. The third-order valence-corrected chi connectivity index (χ3v) is 8.44. The van der Waals surface area contributed by atoms with Crippen molar-refractivity contribution >= 4 is 30.0 Å². The average Bonchev–Trinajstić information content (AvgIpc) is 3.57. The molecule has 2 aromatic carbocycles. The van der Waals surface area contributed by atoms with Crippen LogP contribution in [0, 0.1) is 5.92 Å². The Labute approximate surface area is 327 Å². The minimum absolute atomic E-state index is 0.181. The third-order valence-electron chi connectivity index (χ3n) is 8.44. The summed E-state index contributed by atoms with van der Waals surface area (Å²) in [6, 6.07) is 13.6. The van der Waals surface area contributed by atoms with Crippen molar-refractivity contribution in [1.82, 2.24) is 20.0 Å². The van der Waals surface area contributed by atoms with E-state index in [1.165, 1.54) is 12.1 Å². The lowest BCUT2D eigenvalue weighted by atomic mass is 10.0. The molecule has 3 aromatic rings. The Morgan fingerprint density at radius 1 is 0.804 bits per heavy atom. The number of fused-ring (bicyclic) bond motifs is 1. The molecule has 1 aromatic heterocycles. The summed E-state index contributed by atoms with van der Waals surface area (Å²) in [5.41, 5.74) is 0.172. The van der Waals surface area contributed by atoms with Gasteiger partial charge in [-0.3, -0.25) is 9.59 Å². The number of nitrogens with zero attached hydrogens (tertiary/aromatic N) is 4. The molecule has 56 heavy (non-hydrogen) atoms. The maximum atomic E-state index is 13.2. The van der Waals surface area contributed by atoms with E-state index < -0.39 is 46.8 Å². The molecule has 15 nitrogen and oxygen atoms in total. The van der Waals surface area contributed by atoms with Gasteiger partial charge in [-0.05, 0) is 98.6 Å². The molecule has 0 aliphatic carbocycles. The number of hydrogen-bond acceptors (Lipinski definition) is 10. The fraction of sp³-hybridized carbons (Fsp3) is 0.512. The highest BCUT2D eigenvalue weighted by molar-refractivity contribution is 6.20. The number of nitrogens with one attached hydrogen (secondary N) is 1. The summed E-state index contributed by atoms with van der Waals surface area (Å²) in [6.07, 6.45) is 2.51. The molecule has 0 unspecified atom stereocenters. The molecule has 0 radical (unpaired) electrons. The smallest absolute Gasteiger partial charge is 0.410 e. The molecule has 3 heterocycles. The van der Waals surface area contributed by atoms with Crippen molar-refractivity contribution in [1.29, 1.82) is 0 Å². The molecule has 0 saturated carbocycles. The van der Waals surface area contributed by atoms with Gasteiger partial charge in [0.15, 0.2) is 6.54 Å². The SMILES string of the molecule is CC(C)(C)OC(=O)NCCCn1cc(-c2ccc(OC[C@H](ON3C(=O)c4ccccc4C3=O)C(=O)OC(C)(C)C)cc2)c[n+]1CC1CN(C(=O)OC(C)(C)C)C1. The van der Waals surface area contributed by atoms with Crippen LogP contribution in [-0.4, -0.2) is 93.8 Å². The van der Waals surface area contributed by atoms with Crippen LogP contribution in [0.15, 0.2) is 60.9 Å². The van der Waals surface area contributed by atoms with Gasteiger partial charge in [0.2, 0.25) is 12.3 Å². The molecule has 4 amide bonds. The molecule has 2 aliphatic rings. The van der Waals surface area contributed by atoms with Crippen molar-refractivity contribution in [3.63, 3.8) is 0 Å². The van der Waals surface area contributed by atoms with Crippen molar-refractivity contribution in [2.24, 2.45) is 5.92 Å². The third kappa shape index (κ3) is 11.3. The summed E-state index contributed by atoms with van der Waals surface area (Å²) in [5.74, 6) is -1.50. The molecule has 2 aliphatic heterocycles. The van der Waals surface area contributed by atoms with E-state index in [4.69, 9.17) is 23.8 Å². The monoisotopic (exact) mass is 776 g/mol. The summed E-state index contributed by atoms with van der Waals surface area (Å²) in [5, 5.41) is 3.39. The number of aryl methyl sites for hydroxylation is 1. The second-order valence-corrected chi connectivity index (χ2v) is 16.9. The van der Waals surface area contributed by atoms with Gasteiger partial charge in [-0.25, -0.2) is 19.2 Å². The average molecular weight is 777 g/mol. The summed E-state index contributed by atoms with van der Waals surface area (Å²) in [7, 11) is 0. The van der Waals surface area contributed by atoms with Crippen LogP contribution in [0.5, 0.6) is 5.75 Å². The van der Waals surface area contributed by atoms with Crippen molar-refractivity contribution in [3.05, 3.63) is 72.1 Å². The number of amides is 4. The fourth-order valence-corrected chi connectivity index (χ4v) is 5.99. The highest BCUT2D eigenvalue weighted by atomic mass is 16.7. The minimum atomic E-state index is -1.42. The maximum absolute atomic E-state index is 13.2. The maximum Gasteiger partial charge on any atom is 0.410 e. The van der Waals surface area contributed by atoms with Gasteiger partial charge in [0, 0.05) is 19.6 Å². The Balaban J connectivity index is 1.26. The first-order chi connectivity index (χ1) is 26.2. The van der Waals surface area contributed by atoms with Crippen LogP contribution in [0.1, 0.15) is 89.5 Å². The lowest BCUT2D eigenvalue weighted by molar-refractivity contribution is -0.781. The Bertz CT molecular complexity index is 1880. The van der Waals surface area contributed by atoms with E-state index in [1.807, 2.05) is 66.1 Å². The van der Waals surface area contributed by atoms with Gasteiger partial charge >= 0.3 is 18.2 Å². The zero-order chi connectivity index (χ0) is 41.0. The van der Waals surface area contributed by atoms with Gasteiger partial charge in [0.25, 0.3) is 11.8 Å². The first-order valence-electron chi connectivity index (χ1n) is 18.8. The van der Waals surface area contributed by atoms with Crippen molar-refractivity contribution in [2.75, 3.05) is 26.2 Å². The van der Waals surface area contributed by atoms with E-state index in [9.17, 15) is 24.0 Å². The number of carbonyl (C=O) groups is 5. The van der Waals surface area contributed by atoms with Gasteiger partial charge in [-0.2, -0.15) is 4.68 Å². The van der Waals surface area contributed by atoms with E-state index >= 15 is 0 Å². The van der Waals surface area contributed by atoms with Crippen molar-refractivity contribution in [2.45, 2.75) is 105 Å². The van der Waals surface area contributed by atoms with E-state index in [0.29, 0.717) is 50.0 Å². The highest BCUT2D eigenvalue weighted by Gasteiger charge is 2.41. The molecule has 1 fully saturated rings. The Kier molecular flexibility index (Phi) is 12.5. The molecular weight excluding hydrogens is 722 g/mol. The zero-order valence-corrected chi connectivity index (χ0v) is 33.7. The fourth-order valence-electron chi connectivity index (χ4n) is 5.99. The van der Waals surface area contributed by atoms with E-state index in [1.54, 1.807) is 49.9 Å². The second kappa shape index (κ2) is 16.7. The number of esters is 1. The van der Waals surface area contributed by atoms with E-state index in [2.05, 4.69) is 14.7 Å². The predicted molar refractivity (Wildman–Crippen MR) is 203 cm³/mol. The van der Waals surface area contributed by atoms with Gasteiger partial charge < -0.3 is 29.2 Å². The lowest BCUT2D eigenvalue weighted by Crippen LogP contribution is -2.58. The van der Waals surface area contributed by atoms with Gasteiger partial charge in [0.1, 0.15) is 29.2 Å². The van der Waals surface area contributed by atoms with Crippen LogP contribution in [0.2, 0.25) is 0 Å². The molecule has 1 N–H and O–H groups in total. The minimum Gasteiger partial charge on any atom is -0.490 e. The predicted octanol–water partition coefficient (Wildman–Crippen LogP) is 5.54. The number of benzene rings is 2. The first kappa shape index (κ1) is 41.7. The summed E-state index contributed by atoms with van der Waals surface area (Å²) in [4.78, 5) is 71.2. The number of alkyl carbamates (subject to hydrolysis) is 1. The summed E-state index contributed by atoms with van der Waals surface area (Å²) < 4.78 is 26.6. The molecule has 1 atom stereocenters. The summed E-state index contributed by atoms with van der Waals surface area (Å²) >= 11 is 0. The number of hydrogen-bond donors (Lipinski definition) is 1. The number of rotatable bonds is 13. The molecule has 302 valence electrons. The Morgan fingerprint density at radius 3 is 1.96 bits per heavy atom. The van der Waals surface area contributed by atoms with Gasteiger partial charge in [-0.1, -0.05) is 24.3 Å². The van der Waals surface area contributed by atoms with Crippen LogP contribution in [0.25, 0.3) is 11.1 Å². The number of imide groups is 1. The van der Waals surface area contributed by atoms with Crippen LogP contribution in [0.3, 0.4) is 0 Å². The lowest BCUT2D eigenvalue weighted by Gasteiger charge is -2.38. The van der Waals surface area contributed by atoms with Crippen LogP contribution in [0.4, 0.5) is 9.59 Å². The molecule has 1 saturated heterocycles. The zero-order valence-electron chi connectivity index (χ0n) is 33.7. The molecular formula is C41H54N5O10+. The topological polar surface area (TPSA) is 159 Å². The van der Waals surface area contributed by atoms with Gasteiger partial charge in [-0.15, -0.1) is 9.75 Å². The highest BCUT2D eigenvalue weighted by Crippen LogP contribution is 2.26. The number of likely N-dealkylation sites (tertiary alicyclic amines) is 1. The van der Waals surface area contributed by atoms with Crippen molar-refractivity contribution in [3.8, 4) is 16.9 Å².